The van der Waals surface area contributed by atoms with Gasteiger partial charge in [-0.05, 0) is 24.3 Å². The largest absolute Gasteiger partial charge is 0.356 e. The molecule has 1 aromatic carbocycles. The molecular weight excluding hydrogens is 310 g/mol. The third-order valence-electron chi connectivity index (χ3n) is 3.69. The first-order valence-electron chi connectivity index (χ1n) is 7.79. The van der Waals surface area contributed by atoms with Gasteiger partial charge in [0.05, 0.1) is 5.75 Å². The molecule has 0 unspecified atom stereocenters. The van der Waals surface area contributed by atoms with Crippen LogP contribution in [-0.4, -0.2) is 40.0 Å². The van der Waals surface area contributed by atoms with Crippen LogP contribution in [0.2, 0.25) is 0 Å². The second-order valence-electron chi connectivity index (χ2n) is 6.81. The van der Waals surface area contributed by atoms with Gasteiger partial charge in [-0.1, -0.05) is 43.7 Å². The van der Waals surface area contributed by atoms with Crippen molar-refractivity contribution in [2.75, 3.05) is 25.6 Å². The molecule has 1 aromatic rings. The number of guanidine groups is 1. The van der Waals surface area contributed by atoms with E-state index in [1.165, 1.54) is 17.4 Å². The maximum atomic E-state index is 11.3. The summed E-state index contributed by atoms with van der Waals surface area (Å²) in [4.78, 5) is 4.21. The Morgan fingerprint density at radius 1 is 1.17 bits per heavy atom. The van der Waals surface area contributed by atoms with E-state index in [0.717, 1.165) is 5.96 Å². The van der Waals surface area contributed by atoms with Gasteiger partial charge < -0.3 is 10.6 Å². The van der Waals surface area contributed by atoms with Gasteiger partial charge in [-0.15, -0.1) is 0 Å². The van der Waals surface area contributed by atoms with Crippen molar-refractivity contribution in [3.63, 3.8) is 0 Å². The van der Waals surface area contributed by atoms with E-state index in [-0.39, 0.29) is 11.2 Å². The van der Waals surface area contributed by atoms with Crippen molar-refractivity contribution in [1.82, 2.24) is 10.6 Å². The number of hydrogen-bond acceptors (Lipinski definition) is 3. The first-order valence-corrected chi connectivity index (χ1v) is 9.85. The van der Waals surface area contributed by atoms with Gasteiger partial charge in [-0.25, -0.2) is 8.42 Å². The summed E-state index contributed by atoms with van der Waals surface area (Å²) in [5, 5.41) is 6.54. The van der Waals surface area contributed by atoms with Gasteiger partial charge in [0.2, 0.25) is 0 Å². The topological polar surface area (TPSA) is 70.6 Å². The fraction of sp³-hybridized carbons (Fsp3) is 0.588. The third kappa shape index (κ3) is 8.59. The highest BCUT2D eigenvalue weighted by atomic mass is 32.2. The summed E-state index contributed by atoms with van der Waals surface area (Å²) in [7, 11) is -1.19. The Hall–Kier alpha value is -1.56. The molecule has 0 fully saturated rings. The SMILES string of the molecule is CN=C(NCc1ccc(C)cc1)NCC(C)(C)CCS(C)(=O)=O. The van der Waals surface area contributed by atoms with Crippen molar-refractivity contribution >= 4 is 15.8 Å². The van der Waals surface area contributed by atoms with Crippen LogP contribution in [0.3, 0.4) is 0 Å². The Balaban J connectivity index is 2.45. The van der Waals surface area contributed by atoms with Crippen LogP contribution in [0.5, 0.6) is 0 Å². The van der Waals surface area contributed by atoms with Crippen molar-refractivity contribution in [3.8, 4) is 0 Å². The molecule has 0 saturated heterocycles. The van der Waals surface area contributed by atoms with Crippen LogP contribution in [0.25, 0.3) is 0 Å². The van der Waals surface area contributed by atoms with Gasteiger partial charge >= 0.3 is 0 Å². The molecule has 0 heterocycles. The molecule has 0 saturated carbocycles. The van der Waals surface area contributed by atoms with E-state index >= 15 is 0 Å². The predicted molar refractivity (Wildman–Crippen MR) is 97.5 cm³/mol. The second-order valence-corrected chi connectivity index (χ2v) is 9.07. The van der Waals surface area contributed by atoms with Crippen LogP contribution in [0.4, 0.5) is 0 Å². The molecule has 0 aromatic heterocycles. The number of rotatable bonds is 7. The summed E-state index contributed by atoms with van der Waals surface area (Å²) in [6.45, 7) is 7.53. The quantitative estimate of drug-likeness (QED) is 0.590. The predicted octanol–water partition coefficient (Wildman–Crippen LogP) is 2.12. The Kier molecular flexibility index (Phi) is 7.06. The van der Waals surface area contributed by atoms with Crippen LogP contribution in [0.1, 0.15) is 31.4 Å². The highest BCUT2D eigenvalue weighted by Gasteiger charge is 2.20. The Bertz CT molecular complexity index is 620. The zero-order valence-electron chi connectivity index (χ0n) is 14.8. The maximum Gasteiger partial charge on any atom is 0.191 e. The second kappa shape index (κ2) is 8.34. The fourth-order valence-electron chi connectivity index (χ4n) is 1.99. The summed E-state index contributed by atoms with van der Waals surface area (Å²) in [6, 6.07) is 8.35. The van der Waals surface area contributed by atoms with Crippen LogP contribution in [-0.2, 0) is 16.4 Å². The minimum Gasteiger partial charge on any atom is -0.356 e. The number of hydrogen-bond donors (Lipinski definition) is 2. The molecule has 5 nitrogen and oxygen atoms in total. The zero-order valence-corrected chi connectivity index (χ0v) is 15.6. The molecule has 0 aliphatic heterocycles. The van der Waals surface area contributed by atoms with Crippen molar-refractivity contribution in [2.45, 2.75) is 33.7 Å². The molecule has 0 radical (unpaired) electrons. The van der Waals surface area contributed by atoms with E-state index in [1.54, 1.807) is 7.05 Å². The van der Waals surface area contributed by atoms with Gasteiger partial charge in [-0.2, -0.15) is 0 Å². The molecule has 0 atom stereocenters. The van der Waals surface area contributed by atoms with Gasteiger partial charge in [0.1, 0.15) is 9.84 Å². The molecule has 0 amide bonds. The lowest BCUT2D eigenvalue weighted by atomic mass is 9.90. The number of nitrogens with one attached hydrogen (secondary N) is 2. The normalized spacial score (nSPS) is 13.0. The first kappa shape index (κ1) is 19.5. The number of aryl methyl sites for hydroxylation is 1. The summed E-state index contributed by atoms with van der Waals surface area (Å²) >= 11 is 0. The Morgan fingerprint density at radius 3 is 2.30 bits per heavy atom. The summed E-state index contributed by atoms with van der Waals surface area (Å²) in [6.07, 6.45) is 1.90. The highest BCUT2D eigenvalue weighted by Crippen LogP contribution is 2.19. The van der Waals surface area contributed by atoms with Crippen LogP contribution < -0.4 is 10.6 Å². The van der Waals surface area contributed by atoms with Crippen molar-refractivity contribution in [1.29, 1.82) is 0 Å². The van der Waals surface area contributed by atoms with Crippen LogP contribution in [0.15, 0.2) is 29.3 Å². The van der Waals surface area contributed by atoms with E-state index in [9.17, 15) is 8.42 Å². The lowest BCUT2D eigenvalue weighted by molar-refractivity contribution is 0.348. The minimum atomic E-state index is -2.92. The van der Waals surface area contributed by atoms with Crippen molar-refractivity contribution in [3.05, 3.63) is 35.4 Å². The van der Waals surface area contributed by atoms with Crippen molar-refractivity contribution < 1.29 is 8.42 Å². The average Bonchev–Trinajstić information content (AvgIpc) is 2.47. The summed E-state index contributed by atoms with van der Waals surface area (Å²) in [5.41, 5.74) is 2.31. The summed E-state index contributed by atoms with van der Waals surface area (Å²) < 4.78 is 22.6. The molecule has 0 bridgehead atoms. The van der Waals surface area contributed by atoms with Gasteiger partial charge in [-0.3, -0.25) is 4.99 Å². The summed E-state index contributed by atoms with van der Waals surface area (Å²) in [5.74, 6) is 0.926. The lowest BCUT2D eigenvalue weighted by Crippen LogP contribution is -2.42. The number of benzene rings is 1. The molecule has 2 N–H and O–H groups in total. The highest BCUT2D eigenvalue weighted by molar-refractivity contribution is 7.90. The maximum absolute atomic E-state index is 11.3. The van der Waals surface area contributed by atoms with E-state index in [4.69, 9.17) is 0 Å². The molecule has 1 rings (SSSR count). The number of aliphatic imine (C=N–C) groups is 1. The van der Waals surface area contributed by atoms with E-state index < -0.39 is 9.84 Å². The Morgan fingerprint density at radius 2 is 1.78 bits per heavy atom. The monoisotopic (exact) mass is 339 g/mol. The molecule has 6 heteroatoms. The Labute approximate surface area is 140 Å². The number of nitrogens with zero attached hydrogens (tertiary/aromatic N) is 1. The van der Waals surface area contributed by atoms with E-state index in [1.807, 2.05) is 0 Å². The van der Waals surface area contributed by atoms with Crippen molar-refractivity contribution in [2.24, 2.45) is 10.4 Å². The van der Waals surface area contributed by atoms with Gasteiger partial charge in [0.15, 0.2) is 5.96 Å². The molecular formula is C17H29N3O2S. The third-order valence-corrected chi connectivity index (χ3v) is 4.63. The number of sulfone groups is 1. The van der Waals surface area contributed by atoms with Gasteiger partial charge in [0.25, 0.3) is 0 Å². The molecule has 23 heavy (non-hydrogen) atoms. The van der Waals surface area contributed by atoms with E-state index in [0.29, 0.717) is 19.5 Å². The molecule has 0 spiro atoms. The molecule has 0 aliphatic rings. The molecule has 130 valence electrons. The van der Waals surface area contributed by atoms with Gasteiger partial charge in [0, 0.05) is 26.4 Å². The average molecular weight is 340 g/mol. The zero-order chi connectivity index (χ0) is 17.5. The lowest BCUT2D eigenvalue weighted by Gasteiger charge is -2.25. The first-order chi connectivity index (χ1) is 10.6. The fourth-order valence-corrected chi connectivity index (χ4v) is 2.91. The standard InChI is InChI=1S/C17H29N3O2S/c1-14-6-8-15(9-7-14)12-19-16(18-4)20-13-17(2,3)10-11-23(5,21)22/h6-9H,10-13H2,1-5H3,(H2,18,19,20). The van der Waals surface area contributed by atoms with E-state index in [2.05, 4.69) is 60.7 Å². The molecule has 0 aliphatic carbocycles. The van der Waals surface area contributed by atoms with Crippen LogP contribution in [0, 0.1) is 12.3 Å². The minimum absolute atomic E-state index is 0.120. The van der Waals surface area contributed by atoms with Crippen LogP contribution >= 0.6 is 0 Å². The smallest absolute Gasteiger partial charge is 0.191 e.